The maximum Gasteiger partial charge on any atom is 0.227 e. The number of amides is 1. The second-order valence-electron chi connectivity index (χ2n) is 6.54. The number of carbonyl (C=O) groups excluding carboxylic acids is 2. The van der Waals surface area contributed by atoms with Crippen molar-refractivity contribution in [2.45, 2.75) is 26.2 Å². The maximum absolute atomic E-state index is 12.9. The van der Waals surface area contributed by atoms with Crippen LogP contribution in [0.2, 0.25) is 5.02 Å². The van der Waals surface area contributed by atoms with Crippen LogP contribution < -0.4 is 0 Å². The van der Waals surface area contributed by atoms with Crippen molar-refractivity contribution >= 4 is 23.3 Å². The molecule has 0 spiro atoms. The predicted molar refractivity (Wildman–Crippen MR) is 97.8 cm³/mol. The summed E-state index contributed by atoms with van der Waals surface area (Å²) in [5.74, 6) is 0.0119. The van der Waals surface area contributed by atoms with E-state index in [2.05, 4.69) is 4.98 Å². The maximum atomic E-state index is 12.9. The van der Waals surface area contributed by atoms with Gasteiger partial charge in [0.2, 0.25) is 5.91 Å². The largest absolute Gasteiger partial charge is 0.342 e. The number of likely N-dealkylation sites (tertiary alicyclic amines) is 1. The van der Waals surface area contributed by atoms with Gasteiger partial charge >= 0.3 is 0 Å². The summed E-state index contributed by atoms with van der Waals surface area (Å²) in [6.45, 7) is 3.09. The summed E-state index contributed by atoms with van der Waals surface area (Å²) in [6.07, 6.45) is 5.40. The lowest BCUT2D eigenvalue weighted by atomic mass is 9.88. The number of pyridine rings is 1. The molecule has 2 heterocycles. The van der Waals surface area contributed by atoms with E-state index < -0.39 is 0 Å². The van der Waals surface area contributed by atoms with Crippen LogP contribution in [0, 0.1) is 12.8 Å². The molecule has 5 heteroatoms. The zero-order valence-electron chi connectivity index (χ0n) is 14.2. The molecule has 1 atom stereocenters. The lowest BCUT2D eigenvalue weighted by Crippen LogP contribution is -2.43. The first-order valence-electron chi connectivity index (χ1n) is 8.51. The molecule has 4 nitrogen and oxygen atoms in total. The zero-order chi connectivity index (χ0) is 17.8. The number of hydrogen-bond donors (Lipinski definition) is 0. The summed E-state index contributed by atoms with van der Waals surface area (Å²) in [6, 6.07) is 9.07. The third-order valence-corrected chi connectivity index (χ3v) is 4.91. The molecule has 1 aromatic heterocycles. The Morgan fingerprint density at radius 1 is 1.32 bits per heavy atom. The number of aryl methyl sites for hydroxylation is 1. The van der Waals surface area contributed by atoms with Gasteiger partial charge in [-0.25, -0.2) is 0 Å². The second kappa shape index (κ2) is 7.79. The summed E-state index contributed by atoms with van der Waals surface area (Å²) in [7, 11) is 0. The van der Waals surface area contributed by atoms with E-state index in [4.69, 9.17) is 11.6 Å². The predicted octanol–water partition coefficient (Wildman–Crippen LogP) is 3.71. The van der Waals surface area contributed by atoms with Gasteiger partial charge in [-0.05, 0) is 55.2 Å². The fourth-order valence-electron chi connectivity index (χ4n) is 3.33. The van der Waals surface area contributed by atoms with Crippen molar-refractivity contribution in [1.29, 1.82) is 0 Å². The van der Waals surface area contributed by atoms with Crippen LogP contribution in [0.5, 0.6) is 0 Å². The minimum atomic E-state index is -0.147. The van der Waals surface area contributed by atoms with E-state index >= 15 is 0 Å². The molecule has 0 saturated carbocycles. The highest BCUT2D eigenvalue weighted by molar-refractivity contribution is 6.30. The third kappa shape index (κ3) is 4.26. The van der Waals surface area contributed by atoms with E-state index in [0.717, 1.165) is 24.0 Å². The fraction of sp³-hybridized carbons (Fsp3) is 0.350. The second-order valence-corrected chi connectivity index (χ2v) is 6.98. The number of benzene rings is 1. The lowest BCUT2D eigenvalue weighted by molar-refractivity contribution is -0.131. The van der Waals surface area contributed by atoms with E-state index in [-0.39, 0.29) is 17.6 Å². The van der Waals surface area contributed by atoms with Crippen LogP contribution in [0.25, 0.3) is 0 Å². The Labute approximate surface area is 152 Å². The van der Waals surface area contributed by atoms with Crippen molar-refractivity contribution in [3.63, 3.8) is 0 Å². The molecule has 0 unspecified atom stereocenters. The average molecular weight is 357 g/mol. The molecule has 0 N–H and O–H groups in total. The van der Waals surface area contributed by atoms with Crippen molar-refractivity contribution in [3.8, 4) is 0 Å². The molecule has 1 aliphatic heterocycles. The molecule has 1 saturated heterocycles. The molecule has 1 fully saturated rings. The van der Waals surface area contributed by atoms with Gasteiger partial charge in [-0.2, -0.15) is 0 Å². The molecule has 1 aliphatic rings. The highest BCUT2D eigenvalue weighted by atomic mass is 35.5. The van der Waals surface area contributed by atoms with Crippen LogP contribution in [0.1, 0.15) is 34.3 Å². The minimum Gasteiger partial charge on any atom is -0.342 e. The van der Waals surface area contributed by atoms with Gasteiger partial charge in [0.25, 0.3) is 0 Å². The Morgan fingerprint density at radius 2 is 2.16 bits per heavy atom. The Morgan fingerprint density at radius 3 is 2.88 bits per heavy atom. The number of nitrogens with zero attached hydrogens (tertiary/aromatic N) is 2. The molecule has 2 aromatic rings. The standard InChI is InChI=1S/C20H21ClN2O2/c1-14-10-17(21)6-7-18(14)20(25)16-5-3-9-23(13-16)19(24)11-15-4-2-8-22-12-15/h2,4,6-8,10,12,16H,3,5,9,11,13H2,1H3/t16-/m1/s1. The molecule has 0 radical (unpaired) electrons. The van der Waals surface area contributed by atoms with Crippen molar-refractivity contribution < 1.29 is 9.59 Å². The van der Waals surface area contributed by atoms with Gasteiger partial charge in [0.15, 0.2) is 5.78 Å². The topological polar surface area (TPSA) is 50.3 Å². The number of Topliss-reactive ketones (excluding diaryl/α,β-unsaturated/α-hetero) is 1. The van der Waals surface area contributed by atoms with Crippen LogP contribution in [0.15, 0.2) is 42.7 Å². The number of ketones is 1. The smallest absolute Gasteiger partial charge is 0.227 e. The first-order valence-corrected chi connectivity index (χ1v) is 8.89. The molecular formula is C20H21ClN2O2. The summed E-state index contributed by atoms with van der Waals surface area (Å²) >= 11 is 5.98. The first kappa shape index (κ1) is 17.6. The number of hydrogen-bond acceptors (Lipinski definition) is 3. The summed E-state index contributed by atoms with van der Waals surface area (Å²) in [5, 5.41) is 0.631. The van der Waals surface area contributed by atoms with Gasteiger partial charge in [-0.1, -0.05) is 17.7 Å². The van der Waals surface area contributed by atoms with Crippen LogP contribution in [-0.4, -0.2) is 34.7 Å². The third-order valence-electron chi connectivity index (χ3n) is 4.68. The van der Waals surface area contributed by atoms with Crippen molar-refractivity contribution in [2.75, 3.05) is 13.1 Å². The molecule has 0 aliphatic carbocycles. The van der Waals surface area contributed by atoms with E-state index in [1.165, 1.54) is 0 Å². The van der Waals surface area contributed by atoms with Gasteiger partial charge in [-0.3, -0.25) is 14.6 Å². The molecule has 3 rings (SSSR count). The lowest BCUT2D eigenvalue weighted by Gasteiger charge is -2.32. The molecule has 1 aromatic carbocycles. The molecular weight excluding hydrogens is 336 g/mol. The average Bonchev–Trinajstić information content (AvgIpc) is 2.62. The Bertz CT molecular complexity index is 777. The summed E-state index contributed by atoms with van der Waals surface area (Å²) in [4.78, 5) is 31.3. The molecule has 130 valence electrons. The van der Waals surface area contributed by atoms with Gasteiger partial charge in [-0.15, -0.1) is 0 Å². The van der Waals surface area contributed by atoms with Gasteiger partial charge in [0, 0.05) is 42.0 Å². The SMILES string of the molecule is Cc1cc(Cl)ccc1C(=O)[C@@H]1CCCN(C(=O)Cc2cccnc2)C1. The highest BCUT2D eigenvalue weighted by Crippen LogP contribution is 2.24. The van der Waals surface area contributed by atoms with Gasteiger partial charge in [0.05, 0.1) is 6.42 Å². The van der Waals surface area contributed by atoms with Crippen LogP contribution in [0.4, 0.5) is 0 Å². The molecule has 1 amide bonds. The van der Waals surface area contributed by atoms with Gasteiger partial charge < -0.3 is 4.90 Å². The zero-order valence-corrected chi connectivity index (χ0v) is 15.0. The Hall–Kier alpha value is -2.20. The van der Waals surface area contributed by atoms with E-state index in [1.807, 2.05) is 30.0 Å². The number of rotatable bonds is 4. The quantitative estimate of drug-likeness (QED) is 0.785. The molecule has 0 bridgehead atoms. The first-order chi connectivity index (χ1) is 12.0. The highest BCUT2D eigenvalue weighted by Gasteiger charge is 2.29. The van der Waals surface area contributed by atoms with E-state index in [9.17, 15) is 9.59 Å². The normalized spacial score (nSPS) is 17.4. The van der Waals surface area contributed by atoms with Crippen LogP contribution in [0.3, 0.4) is 0 Å². The van der Waals surface area contributed by atoms with Crippen molar-refractivity contribution in [2.24, 2.45) is 5.92 Å². The number of carbonyl (C=O) groups is 2. The monoisotopic (exact) mass is 356 g/mol. The number of piperidine rings is 1. The van der Waals surface area contributed by atoms with E-state index in [0.29, 0.717) is 30.1 Å². The Balaban J connectivity index is 1.68. The van der Waals surface area contributed by atoms with Crippen LogP contribution in [-0.2, 0) is 11.2 Å². The fourth-order valence-corrected chi connectivity index (χ4v) is 3.56. The van der Waals surface area contributed by atoms with Crippen LogP contribution >= 0.6 is 11.6 Å². The van der Waals surface area contributed by atoms with Crippen molar-refractivity contribution in [1.82, 2.24) is 9.88 Å². The van der Waals surface area contributed by atoms with Crippen molar-refractivity contribution in [3.05, 3.63) is 64.4 Å². The summed E-state index contributed by atoms with van der Waals surface area (Å²) in [5.41, 5.74) is 2.49. The Kier molecular flexibility index (Phi) is 5.49. The molecule has 25 heavy (non-hydrogen) atoms. The van der Waals surface area contributed by atoms with E-state index in [1.54, 1.807) is 24.5 Å². The van der Waals surface area contributed by atoms with Gasteiger partial charge in [0.1, 0.15) is 0 Å². The number of halogens is 1. The number of aromatic nitrogens is 1. The minimum absolute atomic E-state index is 0.0540. The summed E-state index contributed by atoms with van der Waals surface area (Å²) < 4.78 is 0.